The molecule has 1 rings (SSSR count). The van der Waals surface area contributed by atoms with E-state index in [-0.39, 0.29) is 0 Å². The first-order valence-corrected chi connectivity index (χ1v) is 8.65. The highest BCUT2D eigenvalue weighted by Gasteiger charge is 2.15. The fourth-order valence-electron chi connectivity index (χ4n) is 1.92. The van der Waals surface area contributed by atoms with Crippen LogP contribution in [0.15, 0.2) is 11.6 Å². The second-order valence-electron chi connectivity index (χ2n) is 5.07. The van der Waals surface area contributed by atoms with Crippen LogP contribution in [0.25, 0.3) is 0 Å². The Morgan fingerprint density at radius 1 is 1.25 bits per heavy atom. The molecule has 0 aromatic heterocycles. The van der Waals surface area contributed by atoms with E-state index >= 15 is 0 Å². The first-order chi connectivity index (χ1) is 7.68. The third kappa shape index (κ3) is 6.90. The van der Waals surface area contributed by atoms with E-state index in [9.17, 15) is 0 Å². The van der Waals surface area contributed by atoms with Crippen LogP contribution in [0.5, 0.6) is 0 Å². The minimum Gasteiger partial charge on any atom is -0.148 e. The Morgan fingerprint density at radius 2 is 1.94 bits per heavy atom. The van der Waals surface area contributed by atoms with Crippen LogP contribution in [0.4, 0.5) is 0 Å². The lowest BCUT2D eigenvalue weighted by atomic mass is 10.00. The molecule has 0 amide bonds. The van der Waals surface area contributed by atoms with Crippen LogP contribution in [0.2, 0.25) is 0 Å². The average Bonchev–Trinajstić information content (AvgIpc) is 2.27. The molecule has 0 aromatic carbocycles. The standard InChI is InChI=1S/C14H26S2/c1-12(2)6-4-7-13(3)8-9-14-15-10-5-11-16-14/h6,13-14H,4-5,7-11H2,1-3H3/t13-/m0/s1. The molecule has 0 saturated carbocycles. The van der Waals surface area contributed by atoms with Crippen LogP contribution >= 0.6 is 23.5 Å². The van der Waals surface area contributed by atoms with E-state index < -0.39 is 0 Å². The van der Waals surface area contributed by atoms with Crippen LogP contribution in [0.1, 0.15) is 52.9 Å². The van der Waals surface area contributed by atoms with Gasteiger partial charge in [-0.1, -0.05) is 18.6 Å². The SMILES string of the molecule is CC(C)=CCC[C@H](C)CCC1SCCCS1. The Kier molecular flexibility index (Phi) is 7.72. The van der Waals surface area contributed by atoms with E-state index in [1.807, 2.05) is 0 Å². The van der Waals surface area contributed by atoms with Crippen LogP contribution in [0, 0.1) is 5.92 Å². The van der Waals surface area contributed by atoms with Gasteiger partial charge in [-0.2, -0.15) is 0 Å². The summed E-state index contributed by atoms with van der Waals surface area (Å²) in [6.07, 6.45) is 9.27. The molecule has 1 aliphatic rings. The number of hydrogen-bond donors (Lipinski definition) is 0. The first kappa shape index (κ1) is 14.5. The molecule has 1 fully saturated rings. The Bertz CT molecular complexity index is 201. The summed E-state index contributed by atoms with van der Waals surface area (Å²) in [5.74, 6) is 3.69. The highest BCUT2D eigenvalue weighted by molar-refractivity contribution is 8.17. The average molecular weight is 258 g/mol. The summed E-state index contributed by atoms with van der Waals surface area (Å²) >= 11 is 4.37. The topological polar surface area (TPSA) is 0 Å². The van der Waals surface area contributed by atoms with Gasteiger partial charge in [0.15, 0.2) is 0 Å². The quantitative estimate of drug-likeness (QED) is 0.589. The van der Waals surface area contributed by atoms with Crippen molar-refractivity contribution in [1.29, 1.82) is 0 Å². The predicted molar refractivity (Wildman–Crippen MR) is 80.4 cm³/mol. The third-order valence-electron chi connectivity index (χ3n) is 3.00. The zero-order valence-corrected chi connectivity index (χ0v) is 12.6. The summed E-state index contributed by atoms with van der Waals surface area (Å²) < 4.78 is 0.902. The summed E-state index contributed by atoms with van der Waals surface area (Å²) in [7, 11) is 0. The van der Waals surface area contributed by atoms with E-state index in [4.69, 9.17) is 0 Å². The number of rotatable bonds is 6. The normalized spacial score (nSPS) is 19.4. The van der Waals surface area contributed by atoms with E-state index in [2.05, 4.69) is 50.4 Å². The maximum absolute atomic E-state index is 2.41. The number of thioether (sulfide) groups is 2. The summed E-state index contributed by atoms with van der Waals surface area (Å²) in [4.78, 5) is 0. The van der Waals surface area contributed by atoms with Crippen LogP contribution in [-0.2, 0) is 0 Å². The summed E-state index contributed by atoms with van der Waals surface area (Å²) in [5.41, 5.74) is 1.46. The summed E-state index contributed by atoms with van der Waals surface area (Å²) in [5, 5.41) is 0. The molecule has 94 valence electrons. The van der Waals surface area contributed by atoms with Crippen molar-refractivity contribution in [1.82, 2.24) is 0 Å². The largest absolute Gasteiger partial charge is 0.148 e. The monoisotopic (exact) mass is 258 g/mol. The Hall–Kier alpha value is 0.440. The maximum atomic E-state index is 2.41. The zero-order chi connectivity index (χ0) is 11.8. The first-order valence-electron chi connectivity index (χ1n) is 6.55. The van der Waals surface area contributed by atoms with Gasteiger partial charge >= 0.3 is 0 Å². The lowest BCUT2D eigenvalue weighted by molar-refractivity contribution is 0.488. The molecule has 1 heterocycles. The molecule has 2 heteroatoms. The van der Waals surface area contributed by atoms with Gasteiger partial charge in [-0.05, 0) is 63.4 Å². The lowest BCUT2D eigenvalue weighted by Crippen LogP contribution is -2.08. The molecular formula is C14H26S2. The van der Waals surface area contributed by atoms with Crippen molar-refractivity contribution in [3.8, 4) is 0 Å². The minimum atomic E-state index is 0.902. The fourth-order valence-corrected chi connectivity index (χ4v) is 4.82. The van der Waals surface area contributed by atoms with E-state index in [0.717, 1.165) is 10.5 Å². The van der Waals surface area contributed by atoms with Crippen LogP contribution in [-0.4, -0.2) is 16.1 Å². The molecule has 1 atom stereocenters. The van der Waals surface area contributed by atoms with Crippen molar-refractivity contribution in [2.75, 3.05) is 11.5 Å². The second kappa shape index (κ2) is 8.52. The molecule has 0 aromatic rings. The van der Waals surface area contributed by atoms with Gasteiger partial charge in [0.1, 0.15) is 0 Å². The van der Waals surface area contributed by atoms with Gasteiger partial charge in [0.25, 0.3) is 0 Å². The van der Waals surface area contributed by atoms with Gasteiger partial charge < -0.3 is 0 Å². The van der Waals surface area contributed by atoms with Gasteiger partial charge in [0.2, 0.25) is 0 Å². The fraction of sp³-hybridized carbons (Fsp3) is 0.857. The van der Waals surface area contributed by atoms with Crippen LogP contribution in [0.3, 0.4) is 0 Å². The van der Waals surface area contributed by atoms with E-state index in [1.54, 1.807) is 0 Å². The molecule has 16 heavy (non-hydrogen) atoms. The van der Waals surface area contributed by atoms with E-state index in [0.29, 0.717) is 0 Å². The molecular weight excluding hydrogens is 232 g/mol. The summed E-state index contributed by atoms with van der Waals surface area (Å²) in [6.45, 7) is 6.80. The Labute approximate surface area is 110 Å². The molecule has 0 bridgehead atoms. The van der Waals surface area contributed by atoms with Crippen molar-refractivity contribution in [2.24, 2.45) is 5.92 Å². The van der Waals surface area contributed by atoms with E-state index in [1.165, 1.54) is 49.2 Å². The highest BCUT2D eigenvalue weighted by Crippen LogP contribution is 2.34. The molecule has 0 radical (unpaired) electrons. The minimum absolute atomic E-state index is 0.902. The van der Waals surface area contributed by atoms with Crippen LogP contribution < -0.4 is 0 Å². The van der Waals surface area contributed by atoms with Crippen molar-refractivity contribution in [3.05, 3.63) is 11.6 Å². The highest BCUT2D eigenvalue weighted by atomic mass is 32.2. The molecule has 1 saturated heterocycles. The maximum Gasteiger partial charge on any atom is 0.0502 e. The van der Waals surface area contributed by atoms with Gasteiger partial charge in [-0.3, -0.25) is 0 Å². The van der Waals surface area contributed by atoms with Gasteiger partial charge in [-0.15, -0.1) is 23.5 Å². The van der Waals surface area contributed by atoms with Gasteiger partial charge in [-0.25, -0.2) is 0 Å². The predicted octanol–water partition coefficient (Wildman–Crippen LogP) is 5.35. The molecule has 0 spiro atoms. The van der Waals surface area contributed by atoms with Gasteiger partial charge in [0, 0.05) is 0 Å². The molecule has 0 aliphatic carbocycles. The third-order valence-corrected chi connectivity index (χ3v) is 6.08. The smallest absolute Gasteiger partial charge is 0.0502 e. The number of allylic oxidation sites excluding steroid dienone is 2. The second-order valence-corrected chi connectivity index (χ2v) is 7.99. The lowest BCUT2D eigenvalue weighted by Gasteiger charge is -2.22. The van der Waals surface area contributed by atoms with Crippen molar-refractivity contribution < 1.29 is 0 Å². The molecule has 0 unspecified atom stereocenters. The Morgan fingerprint density at radius 3 is 2.56 bits per heavy atom. The zero-order valence-electron chi connectivity index (χ0n) is 11.0. The van der Waals surface area contributed by atoms with Crippen molar-refractivity contribution >= 4 is 23.5 Å². The van der Waals surface area contributed by atoms with Gasteiger partial charge in [0.05, 0.1) is 4.58 Å². The van der Waals surface area contributed by atoms with Crippen molar-refractivity contribution in [2.45, 2.75) is 57.5 Å². The Balaban J connectivity index is 2.04. The molecule has 1 aliphatic heterocycles. The molecule has 0 N–H and O–H groups in total. The summed E-state index contributed by atoms with van der Waals surface area (Å²) in [6, 6.07) is 0. The number of hydrogen-bond acceptors (Lipinski definition) is 2. The van der Waals surface area contributed by atoms with Crippen molar-refractivity contribution in [3.63, 3.8) is 0 Å². The molecule has 0 nitrogen and oxygen atoms in total.